The molecule has 5 N–H and O–H groups in total. The third kappa shape index (κ3) is 14.5. The van der Waals surface area contributed by atoms with Gasteiger partial charge >= 0.3 is 7.82 Å². The van der Waals surface area contributed by atoms with Crippen LogP contribution in [0.5, 0.6) is 5.75 Å². The zero-order chi connectivity index (χ0) is 41.8. The van der Waals surface area contributed by atoms with E-state index in [1.165, 1.54) is 101 Å². The van der Waals surface area contributed by atoms with Crippen molar-refractivity contribution in [3.63, 3.8) is 0 Å². The summed E-state index contributed by atoms with van der Waals surface area (Å²) >= 11 is 0. The molecule has 58 heavy (non-hydrogen) atoms. The molecule has 0 aliphatic carbocycles. The number of phosphoric acid groups is 1. The Morgan fingerprint density at radius 2 is 1.59 bits per heavy atom. The largest absolute Gasteiger partial charge is 0.496 e. The molecule has 3 heterocycles. The predicted octanol–water partition coefficient (Wildman–Crippen LogP) is 7.52. The molecule has 6 atom stereocenters. The number of aliphatic hydroxyl groups excluding tert-OH is 2. The van der Waals surface area contributed by atoms with Crippen LogP contribution in [0.2, 0.25) is 0 Å². The van der Waals surface area contributed by atoms with Gasteiger partial charge in [-0.1, -0.05) is 109 Å². The van der Waals surface area contributed by atoms with Crippen LogP contribution in [0.25, 0.3) is 5.52 Å². The number of unbranched alkanes of at least 4 members (excludes halogenated alkanes) is 15. The number of anilines is 1. The van der Waals surface area contributed by atoms with Gasteiger partial charge in [0.05, 0.1) is 50.9 Å². The minimum absolute atomic E-state index is 0.0610. The van der Waals surface area contributed by atoms with E-state index >= 15 is 0 Å². The van der Waals surface area contributed by atoms with Crippen molar-refractivity contribution < 1.29 is 47.7 Å². The minimum atomic E-state index is -4.70. The molecular formula is C42H66N5O10P. The number of rotatable bonds is 30. The number of aromatic nitrogens is 3. The summed E-state index contributed by atoms with van der Waals surface area (Å²) in [4.78, 5) is 14.6. The second kappa shape index (κ2) is 24.8. The van der Waals surface area contributed by atoms with E-state index in [9.17, 15) is 24.9 Å². The summed E-state index contributed by atoms with van der Waals surface area (Å²) in [5.41, 5.74) is 6.49. The molecule has 16 heteroatoms. The van der Waals surface area contributed by atoms with Crippen molar-refractivity contribution in [2.24, 2.45) is 0 Å². The number of hydrogen-bond donors (Lipinski definition) is 4. The Labute approximate surface area is 343 Å². The van der Waals surface area contributed by atoms with Crippen molar-refractivity contribution in [2.45, 2.75) is 153 Å². The van der Waals surface area contributed by atoms with Crippen LogP contribution in [0.3, 0.4) is 0 Å². The summed E-state index contributed by atoms with van der Waals surface area (Å²) in [6.07, 6.45) is 16.9. The molecule has 0 spiro atoms. The number of hydrogen-bond acceptors (Lipinski definition) is 13. The number of fused-ring (bicyclic) bond motifs is 1. The lowest BCUT2D eigenvalue weighted by atomic mass is 9.93. The lowest BCUT2D eigenvalue weighted by Crippen LogP contribution is -2.39. The van der Waals surface area contributed by atoms with E-state index in [0.717, 1.165) is 19.3 Å². The second-order valence-corrected chi connectivity index (χ2v) is 16.8. The van der Waals surface area contributed by atoms with Crippen molar-refractivity contribution >= 4 is 19.2 Å². The van der Waals surface area contributed by atoms with E-state index < -0.39 is 44.4 Å². The number of nitrogens with zero attached hydrogens (tertiary/aromatic N) is 4. The molecule has 0 radical (unpaired) electrons. The van der Waals surface area contributed by atoms with Crippen molar-refractivity contribution in [1.29, 1.82) is 5.26 Å². The predicted molar refractivity (Wildman–Crippen MR) is 220 cm³/mol. The van der Waals surface area contributed by atoms with Crippen LogP contribution in [0, 0.1) is 11.3 Å². The maximum Gasteiger partial charge on any atom is 0.472 e. The molecule has 15 nitrogen and oxygen atoms in total. The van der Waals surface area contributed by atoms with Gasteiger partial charge in [0.2, 0.25) is 0 Å². The minimum Gasteiger partial charge on any atom is -0.496 e. The molecule has 3 aromatic rings. The fourth-order valence-electron chi connectivity index (χ4n) is 7.29. The average Bonchev–Trinajstić information content (AvgIpc) is 3.76. The van der Waals surface area contributed by atoms with Gasteiger partial charge in [0.1, 0.15) is 47.6 Å². The van der Waals surface area contributed by atoms with E-state index in [4.69, 9.17) is 33.7 Å². The highest BCUT2D eigenvalue weighted by Crippen LogP contribution is 2.46. The first kappa shape index (κ1) is 47.5. The highest BCUT2D eigenvalue weighted by Gasteiger charge is 2.54. The van der Waals surface area contributed by atoms with Crippen molar-refractivity contribution in [3.05, 3.63) is 53.5 Å². The third-order valence-electron chi connectivity index (χ3n) is 10.8. The Hall–Kier alpha value is -3.16. The molecule has 1 saturated heterocycles. The van der Waals surface area contributed by atoms with E-state index in [1.807, 2.05) is 0 Å². The van der Waals surface area contributed by atoms with Gasteiger partial charge in [0, 0.05) is 12.2 Å². The van der Waals surface area contributed by atoms with Gasteiger partial charge in [-0.25, -0.2) is 14.1 Å². The number of nitrogens with two attached hydrogens (primary N) is 1. The maximum absolute atomic E-state index is 13.1. The van der Waals surface area contributed by atoms with Crippen molar-refractivity contribution in [2.75, 3.05) is 39.3 Å². The summed E-state index contributed by atoms with van der Waals surface area (Å²) in [7, 11) is -3.21. The third-order valence-corrected chi connectivity index (χ3v) is 11.8. The first-order valence-electron chi connectivity index (χ1n) is 21.0. The molecule has 1 aromatic carbocycles. The van der Waals surface area contributed by atoms with Crippen LogP contribution in [-0.2, 0) is 40.0 Å². The number of methoxy groups -OCH3 is 1. The molecule has 0 bridgehead atoms. The zero-order valence-electron chi connectivity index (χ0n) is 34.6. The Morgan fingerprint density at radius 3 is 2.21 bits per heavy atom. The van der Waals surface area contributed by atoms with Crippen LogP contribution >= 0.6 is 7.82 Å². The first-order valence-corrected chi connectivity index (χ1v) is 22.5. The van der Waals surface area contributed by atoms with Crippen LogP contribution in [0.4, 0.5) is 5.82 Å². The van der Waals surface area contributed by atoms with Gasteiger partial charge in [-0.05, 0) is 37.6 Å². The normalized spacial score (nSPS) is 20.9. The van der Waals surface area contributed by atoms with Gasteiger partial charge in [0.25, 0.3) is 0 Å². The summed E-state index contributed by atoms with van der Waals surface area (Å²) in [6, 6.07) is 10.4. The molecular weight excluding hydrogens is 765 g/mol. The number of benzene rings is 1. The quantitative estimate of drug-likeness (QED) is 0.0378. The fourth-order valence-corrected chi connectivity index (χ4v) is 8.06. The van der Waals surface area contributed by atoms with E-state index in [1.54, 1.807) is 37.3 Å². The molecule has 0 amide bonds. The first-order chi connectivity index (χ1) is 28.0. The second-order valence-electron chi connectivity index (χ2n) is 15.4. The van der Waals surface area contributed by atoms with Gasteiger partial charge in [-0.15, -0.1) is 0 Å². The van der Waals surface area contributed by atoms with Gasteiger partial charge in [0.15, 0.2) is 5.82 Å². The summed E-state index contributed by atoms with van der Waals surface area (Å²) < 4.78 is 48.6. The average molecular weight is 832 g/mol. The standard InChI is InChI=1S/C42H66N5O10P/c1-4-5-6-7-8-9-10-11-12-13-14-15-16-17-18-19-24-53-28-34(54-27-33-21-20-32(26-43)25-36(33)52-3)29-55-58(50,51)56-30-37-39(48)40(49)42(2,57-37)38-23-22-35-41(44)45-31-46-47(35)38/h20-23,25,31,34,37,39-40,48-49H,4-19,24,27-30H2,1-3H3,(H,50,51)(H2,44,45,46)/t34-,37-,39-,40-,42+/m1/s1. The number of nitrogen functional groups attached to an aromatic ring is 1. The molecule has 1 unspecified atom stereocenters. The van der Waals surface area contributed by atoms with E-state index in [-0.39, 0.29) is 25.6 Å². The number of ether oxygens (including phenoxy) is 4. The van der Waals surface area contributed by atoms with Gasteiger partial charge in [-0.2, -0.15) is 10.4 Å². The van der Waals surface area contributed by atoms with Crippen LogP contribution in [0.15, 0.2) is 36.7 Å². The zero-order valence-corrected chi connectivity index (χ0v) is 35.5. The Morgan fingerprint density at radius 1 is 0.948 bits per heavy atom. The van der Waals surface area contributed by atoms with Crippen LogP contribution in [-0.4, -0.2) is 87.7 Å². The molecule has 1 aliphatic heterocycles. The highest BCUT2D eigenvalue weighted by atomic mass is 31.2. The molecule has 1 aliphatic rings. The summed E-state index contributed by atoms with van der Waals surface area (Å²) in [5, 5.41) is 35.4. The molecule has 4 rings (SSSR count). The lowest BCUT2D eigenvalue weighted by Gasteiger charge is -2.27. The Balaban J connectivity index is 1.20. The Bertz CT molecular complexity index is 1740. The fraction of sp³-hybridized carbons (Fsp3) is 0.690. The monoisotopic (exact) mass is 831 g/mol. The van der Waals surface area contributed by atoms with Gasteiger partial charge in [-0.3, -0.25) is 9.05 Å². The smallest absolute Gasteiger partial charge is 0.472 e. The van der Waals surface area contributed by atoms with Crippen LogP contribution in [0.1, 0.15) is 133 Å². The van der Waals surface area contributed by atoms with Crippen LogP contribution < -0.4 is 10.5 Å². The van der Waals surface area contributed by atoms with E-state index in [2.05, 4.69) is 23.1 Å². The maximum atomic E-state index is 13.1. The highest BCUT2D eigenvalue weighted by molar-refractivity contribution is 7.47. The SMILES string of the molecule is CCCCCCCCCCCCCCCCCCOC[C@H](COP(=O)(O)OC[C@H]1O[C@@](C)(c2ccc3c(N)ncnn23)[C@H](O)[C@@H]1O)OCc1ccc(C#N)cc1OC. The number of phosphoric ester groups is 1. The molecule has 1 fully saturated rings. The Kier molecular flexibility index (Phi) is 20.3. The van der Waals surface area contributed by atoms with Crippen molar-refractivity contribution in [1.82, 2.24) is 14.6 Å². The van der Waals surface area contributed by atoms with Crippen molar-refractivity contribution in [3.8, 4) is 11.8 Å². The lowest BCUT2D eigenvalue weighted by molar-refractivity contribution is -0.0901. The van der Waals surface area contributed by atoms with E-state index in [0.29, 0.717) is 34.7 Å². The van der Waals surface area contributed by atoms with Gasteiger partial charge < -0.3 is 39.8 Å². The topological polar surface area (TPSA) is 213 Å². The number of nitriles is 1. The molecule has 324 valence electrons. The number of aliphatic hydroxyl groups is 2. The molecule has 2 aromatic heterocycles. The summed E-state index contributed by atoms with van der Waals surface area (Å²) in [5.74, 6) is 0.692. The summed E-state index contributed by atoms with van der Waals surface area (Å²) in [6.45, 7) is 3.57. The molecule has 0 saturated carbocycles.